The number of rotatable bonds is 4. The van der Waals surface area contributed by atoms with Gasteiger partial charge >= 0.3 is 6.03 Å². The fraction of sp³-hybridized carbons (Fsp3) is 0.533. The molecule has 5 nitrogen and oxygen atoms in total. The van der Waals surface area contributed by atoms with Gasteiger partial charge in [0, 0.05) is 19.2 Å². The number of benzene rings is 1. The highest BCUT2D eigenvalue weighted by molar-refractivity contribution is 5.74. The number of carbonyl (C=O) groups is 1. The molecule has 0 bridgehead atoms. The van der Waals surface area contributed by atoms with Crippen molar-refractivity contribution in [1.29, 1.82) is 0 Å². The van der Waals surface area contributed by atoms with Crippen molar-refractivity contribution in [2.24, 2.45) is 5.92 Å². The summed E-state index contributed by atoms with van der Waals surface area (Å²) in [5.74, 6) is -1.51. The molecule has 0 aliphatic carbocycles. The van der Waals surface area contributed by atoms with Crippen molar-refractivity contribution in [1.82, 2.24) is 10.2 Å². The maximum absolute atomic E-state index is 13.0. The van der Waals surface area contributed by atoms with Crippen LogP contribution >= 0.6 is 0 Å². The number of carbonyl (C=O) groups excluding carboxylic acids is 1. The highest BCUT2D eigenvalue weighted by atomic mass is 19.2. The van der Waals surface area contributed by atoms with Gasteiger partial charge in [-0.3, -0.25) is 0 Å². The van der Waals surface area contributed by atoms with E-state index in [1.54, 1.807) is 4.90 Å². The second kappa shape index (κ2) is 7.40. The molecule has 0 radical (unpaired) electrons. The minimum absolute atomic E-state index is 0.142. The maximum Gasteiger partial charge on any atom is 0.317 e. The zero-order valence-corrected chi connectivity index (χ0v) is 12.4. The molecule has 0 spiro atoms. The van der Waals surface area contributed by atoms with Gasteiger partial charge in [0.2, 0.25) is 0 Å². The summed E-state index contributed by atoms with van der Waals surface area (Å²) in [7, 11) is 0. The topological polar surface area (TPSA) is 61.8 Å². The van der Waals surface area contributed by atoms with Crippen LogP contribution in [-0.2, 0) is 0 Å². The van der Waals surface area contributed by atoms with Gasteiger partial charge in [-0.2, -0.15) is 0 Å². The quantitative estimate of drug-likeness (QED) is 0.833. The van der Waals surface area contributed by atoms with Crippen molar-refractivity contribution in [2.75, 3.05) is 26.2 Å². The van der Waals surface area contributed by atoms with Crippen LogP contribution in [0.3, 0.4) is 0 Å². The molecule has 1 fully saturated rings. The number of likely N-dealkylation sites (tertiary alicyclic amines) is 1. The number of nitrogens with one attached hydrogen (secondary N) is 1. The van der Waals surface area contributed by atoms with Crippen LogP contribution in [-0.4, -0.2) is 48.4 Å². The van der Waals surface area contributed by atoms with Gasteiger partial charge < -0.3 is 20.1 Å². The number of amides is 2. The summed E-state index contributed by atoms with van der Waals surface area (Å²) in [6.07, 6.45) is 0.262. The number of β-amino-alcohol motifs (C(OH)–C–C–N with tert-alkyl or cyclic N) is 1. The van der Waals surface area contributed by atoms with E-state index in [2.05, 4.69) is 5.32 Å². The van der Waals surface area contributed by atoms with Gasteiger partial charge in [0.25, 0.3) is 0 Å². The lowest BCUT2D eigenvalue weighted by molar-refractivity contribution is 0.0434. The van der Waals surface area contributed by atoms with Gasteiger partial charge in [-0.05, 0) is 24.5 Å². The van der Waals surface area contributed by atoms with E-state index >= 15 is 0 Å². The lowest BCUT2D eigenvalue weighted by Crippen LogP contribution is -2.50. The fourth-order valence-corrected chi connectivity index (χ4v) is 2.24. The molecule has 1 heterocycles. The molecular weight excluding hydrogens is 294 g/mol. The second-order valence-electron chi connectivity index (χ2n) is 5.44. The minimum Gasteiger partial charge on any atom is -0.492 e. The summed E-state index contributed by atoms with van der Waals surface area (Å²) in [5.41, 5.74) is 0. The van der Waals surface area contributed by atoms with E-state index in [1.165, 1.54) is 6.07 Å². The summed E-state index contributed by atoms with van der Waals surface area (Å²) in [4.78, 5) is 13.5. The Morgan fingerprint density at radius 2 is 2.23 bits per heavy atom. The normalized spacial score (nSPS) is 21.5. The van der Waals surface area contributed by atoms with Crippen molar-refractivity contribution in [2.45, 2.75) is 19.4 Å². The SMILES string of the molecule is CC1CCN(C(=O)NCCOc2ccc(F)c(F)c2)CC1O. The third-order valence-electron chi connectivity index (χ3n) is 3.74. The van der Waals surface area contributed by atoms with Crippen molar-refractivity contribution < 1.29 is 23.4 Å². The molecule has 2 unspecified atom stereocenters. The zero-order valence-electron chi connectivity index (χ0n) is 12.4. The molecule has 122 valence electrons. The highest BCUT2D eigenvalue weighted by Gasteiger charge is 2.26. The molecule has 2 rings (SSSR count). The highest BCUT2D eigenvalue weighted by Crippen LogP contribution is 2.17. The molecule has 0 saturated carbocycles. The Morgan fingerprint density at radius 1 is 1.45 bits per heavy atom. The summed E-state index contributed by atoms with van der Waals surface area (Å²) in [5, 5.41) is 12.4. The number of urea groups is 1. The number of nitrogens with zero attached hydrogens (tertiary/aromatic N) is 1. The summed E-state index contributed by atoms with van der Waals surface area (Å²) < 4.78 is 30.9. The average Bonchev–Trinajstić information content (AvgIpc) is 2.49. The van der Waals surface area contributed by atoms with E-state index in [4.69, 9.17) is 4.74 Å². The lowest BCUT2D eigenvalue weighted by atomic mass is 9.96. The Labute approximate surface area is 127 Å². The first-order chi connectivity index (χ1) is 10.5. The van der Waals surface area contributed by atoms with Crippen molar-refractivity contribution >= 4 is 6.03 Å². The molecule has 2 atom stereocenters. The number of hydrogen-bond donors (Lipinski definition) is 2. The van der Waals surface area contributed by atoms with Crippen LogP contribution < -0.4 is 10.1 Å². The van der Waals surface area contributed by atoms with E-state index in [1.807, 2.05) is 6.92 Å². The van der Waals surface area contributed by atoms with Crippen molar-refractivity contribution in [3.05, 3.63) is 29.8 Å². The van der Waals surface area contributed by atoms with E-state index in [-0.39, 0.29) is 30.9 Å². The van der Waals surface area contributed by atoms with E-state index in [0.717, 1.165) is 18.6 Å². The molecular formula is C15H20F2N2O3. The predicted octanol–water partition coefficient (Wildman–Crippen LogP) is 1.76. The van der Waals surface area contributed by atoms with Gasteiger partial charge in [-0.25, -0.2) is 13.6 Å². The monoisotopic (exact) mass is 314 g/mol. The van der Waals surface area contributed by atoms with Crippen LogP contribution in [0, 0.1) is 17.6 Å². The van der Waals surface area contributed by atoms with Crippen LogP contribution in [0.5, 0.6) is 5.75 Å². The molecule has 1 aliphatic rings. The van der Waals surface area contributed by atoms with Crippen LogP contribution in [0.1, 0.15) is 13.3 Å². The standard InChI is InChI=1S/C15H20F2N2O3/c1-10-4-6-19(9-14(10)20)15(21)18-5-7-22-11-2-3-12(16)13(17)8-11/h2-3,8,10,14,20H,4-7,9H2,1H3,(H,18,21). The van der Waals surface area contributed by atoms with E-state index < -0.39 is 17.7 Å². The van der Waals surface area contributed by atoms with Gasteiger partial charge in [0.15, 0.2) is 11.6 Å². The van der Waals surface area contributed by atoms with Crippen molar-refractivity contribution in [3.63, 3.8) is 0 Å². The van der Waals surface area contributed by atoms with Crippen molar-refractivity contribution in [3.8, 4) is 5.75 Å². The largest absolute Gasteiger partial charge is 0.492 e. The Kier molecular flexibility index (Phi) is 5.54. The van der Waals surface area contributed by atoms with Crippen LogP contribution in [0.4, 0.5) is 13.6 Å². The minimum atomic E-state index is -0.974. The number of piperidine rings is 1. The lowest BCUT2D eigenvalue weighted by Gasteiger charge is -2.34. The molecule has 1 aliphatic heterocycles. The van der Waals surface area contributed by atoms with Gasteiger partial charge in [-0.15, -0.1) is 0 Å². The first kappa shape index (κ1) is 16.5. The third kappa shape index (κ3) is 4.30. The summed E-state index contributed by atoms with van der Waals surface area (Å²) >= 11 is 0. The number of aliphatic hydroxyl groups excluding tert-OH is 1. The first-order valence-electron chi connectivity index (χ1n) is 7.26. The Morgan fingerprint density at radius 3 is 2.91 bits per heavy atom. The van der Waals surface area contributed by atoms with Gasteiger partial charge in [0.1, 0.15) is 12.4 Å². The number of aliphatic hydroxyl groups is 1. The maximum atomic E-state index is 13.0. The number of halogens is 2. The van der Waals surface area contributed by atoms with Gasteiger partial charge in [-0.1, -0.05) is 6.92 Å². The molecule has 0 aromatic heterocycles. The van der Waals surface area contributed by atoms with Gasteiger partial charge in [0.05, 0.1) is 12.6 Å². The third-order valence-corrected chi connectivity index (χ3v) is 3.74. The fourth-order valence-electron chi connectivity index (χ4n) is 2.24. The summed E-state index contributed by atoms with van der Waals surface area (Å²) in [6, 6.07) is 3.00. The molecule has 2 amide bonds. The number of ether oxygens (including phenoxy) is 1. The van der Waals surface area contributed by atoms with E-state index in [9.17, 15) is 18.7 Å². The number of hydrogen-bond acceptors (Lipinski definition) is 3. The Bertz CT molecular complexity index is 528. The van der Waals surface area contributed by atoms with Crippen LogP contribution in [0.2, 0.25) is 0 Å². The summed E-state index contributed by atoms with van der Waals surface area (Å²) in [6.45, 7) is 3.25. The molecule has 1 saturated heterocycles. The molecule has 1 aromatic rings. The molecule has 1 aromatic carbocycles. The zero-order chi connectivity index (χ0) is 16.1. The first-order valence-corrected chi connectivity index (χ1v) is 7.26. The van der Waals surface area contributed by atoms with E-state index in [0.29, 0.717) is 13.1 Å². The predicted molar refractivity (Wildman–Crippen MR) is 76.6 cm³/mol. The Balaban J connectivity index is 1.70. The van der Waals surface area contributed by atoms with Crippen LogP contribution in [0.15, 0.2) is 18.2 Å². The molecule has 7 heteroatoms. The molecule has 22 heavy (non-hydrogen) atoms. The average molecular weight is 314 g/mol. The Hall–Kier alpha value is -1.89. The van der Waals surface area contributed by atoms with Crippen LogP contribution in [0.25, 0.3) is 0 Å². The second-order valence-corrected chi connectivity index (χ2v) is 5.44. The smallest absolute Gasteiger partial charge is 0.317 e. The molecule has 2 N–H and O–H groups in total.